The van der Waals surface area contributed by atoms with E-state index in [9.17, 15) is 19.8 Å². The highest BCUT2D eigenvalue weighted by atomic mass is 16.5. The zero-order valence-corrected chi connectivity index (χ0v) is 11.5. The molecule has 0 aliphatic rings. The van der Waals surface area contributed by atoms with Gasteiger partial charge in [-0.15, -0.1) is 0 Å². The minimum atomic E-state index is -1.14. The van der Waals surface area contributed by atoms with Crippen LogP contribution in [-0.2, 0) is 20.7 Å². The number of aliphatic hydroxyl groups excluding tert-OH is 2. The SMILES string of the molecule is COC(=O)Cc1cccc(C(O)C(O)CNC(C)=O)c1. The first-order chi connectivity index (χ1) is 9.43. The van der Waals surface area contributed by atoms with Gasteiger partial charge in [-0.3, -0.25) is 9.59 Å². The van der Waals surface area contributed by atoms with E-state index in [4.69, 9.17) is 0 Å². The lowest BCUT2D eigenvalue weighted by atomic mass is 10.0. The minimum Gasteiger partial charge on any atom is -0.469 e. The van der Waals surface area contributed by atoms with Crippen molar-refractivity contribution < 1.29 is 24.5 Å². The molecular weight excluding hydrogens is 262 g/mol. The minimum absolute atomic E-state index is 0.0439. The molecule has 6 heteroatoms. The summed E-state index contributed by atoms with van der Waals surface area (Å²) in [5.74, 6) is -0.661. The van der Waals surface area contributed by atoms with E-state index in [1.165, 1.54) is 14.0 Å². The molecule has 1 rings (SSSR count). The van der Waals surface area contributed by atoms with Gasteiger partial charge in [0.1, 0.15) is 12.2 Å². The second-order valence-electron chi connectivity index (χ2n) is 4.45. The van der Waals surface area contributed by atoms with E-state index < -0.39 is 12.2 Å². The normalized spacial score (nSPS) is 13.4. The van der Waals surface area contributed by atoms with Gasteiger partial charge in [0.15, 0.2) is 0 Å². The lowest BCUT2D eigenvalue weighted by Gasteiger charge is -2.18. The summed E-state index contributed by atoms with van der Waals surface area (Å²) in [6, 6.07) is 6.68. The van der Waals surface area contributed by atoms with Gasteiger partial charge < -0.3 is 20.3 Å². The monoisotopic (exact) mass is 281 g/mol. The topological polar surface area (TPSA) is 95.9 Å². The lowest BCUT2D eigenvalue weighted by molar-refractivity contribution is -0.139. The molecule has 1 aromatic rings. The quantitative estimate of drug-likeness (QED) is 0.634. The number of rotatable bonds is 6. The second-order valence-corrected chi connectivity index (χ2v) is 4.45. The van der Waals surface area contributed by atoms with Gasteiger partial charge in [-0.2, -0.15) is 0 Å². The number of hydrogen-bond acceptors (Lipinski definition) is 5. The van der Waals surface area contributed by atoms with Crippen LogP contribution < -0.4 is 5.32 Å². The zero-order valence-electron chi connectivity index (χ0n) is 11.5. The fourth-order valence-corrected chi connectivity index (χ4v) is 1.71. The Morgan fingerprint density at radius 3 is 2.65 bits per heavy atom. The highest BCUT2D eigenvalue weighted by Gasteiger charge is 2.19. The van der Waals surface area contributed by atoms with Crippen molar-refractivity contribution in [3.05, 3.63) is 35.4 Å². The molecule has 0 heterocycles. The number of carbonyl (C=O) groups excluding carboxylic acids is 2. The Morgan fingerprint density at radius 2 is 2.05 bits per heavy atom. The predicted molar refractivity (Wildman–Crippen MR) is 71.8 cm³/mol. The molecule has 20 heavy (non-hydrogen) atoms. The van der Waals surface area contributed by atoms with Crippen molar-refractivity contribution in [3.8, 4) is 0 Å². The van der Waals surface area contributed by atoms with Crippen LogP contribution in [0.5, 0.6) is 0 Å². The number of carbonyl (C=O) groups is 2. The standard InChI is InChI=1S/C14H19NO5/c1-9(16)15-8-12(17)14(19)11-5-3-4-10(6-11)7-13(18)20-2/h3-6,12,14,17,19H,7-8H2,1-2H3,(H,15,16). The number of ether oxygens (including phenoxy) is 1. The van der Waals surface area contributed by atoms with E-state index in [-0.39, 0.29) is 24.8 Å². The van der Waals surface area contributed by atoms with E-state index in [0.717, 1.165) is 0 Å². The molecule has 1 aromatic carbocycles. The van der Waals surface area contributed by atoms with Crippen LogP contribution in [0.25, 0.3) is 0 Å². The first kappa shape index (κ1) is 16.1. The van der Waals surface area contributed by atoms with E-state index in [1.807, 2.05) is 0 Å². The third kappa shape index (κ3) is 4.99. The maximum atomic E-state index is 11.2. The van der Waals surface area contributed by atoms with Crippen molar-refractivity contribution in [2.24, 2.45) is 0 Å². The summed E-state index contributed by atoms with van der Waals surface area (Å²) in [6.45, 7) is 1.29. The third-order valence-electron chi connectivity index (χ3n) is 2.79. The van der Waals surface area contributed by atoms with E-state index in [2.05, 4.69) is 10.1 Å². The highest BCUT2D eigenvalue weighted by Crippen LogP contribution is 2.18. The van der Waals surface area contributed by atoms with Crippen molar-refractivity contribution in [1.29, 1.82) is 0 Å². The number of aliphatic hydroxyl groups is 2. The average Bonchev–Trinajstić information content (AvgIpc) is 2.44. The van der Waals surface area contributed by atoms with Crippen LogP contribution >= 0.6 is 0 Å². The Balaban J connectivity index is 2.72. The van der Waals surface area contributed by atoms with Crippen molar-refractivity contribution >= 4 is 11.9 Å². The molecule has 110 valence electrons. The van der Waals surface area contributed by atoms with E-state index in [0.29, 0.717) is 11.1 Å². The van der Waals surface area contributed by atoms with Crippen LogP contribution in [0.1, 0.15) is 24.2 Å². The Kier molecular flexibility index (Phi) is 6.14. The summed E-state index contributed by atoms with van der Waals surface area (Å²) in [4.78, 5) is 22.0. The predicted octanol–water partition coefficient (Wildman–Crippen LogP) is -0.0675. The Morgan fingerprint density at radius 1 is 1.35 bits per heavy atom. The van der Waals surface area contributed by atoms with Crippen molar-refractivity contribution in [2.45, 2.75) is 25.6 Å². The van der Waals surface area contributed by atoms with Gasteiger partial charge in [0.05, 0.1) is 13.5 Å². The molecule has 3 N–H and O–H groups in total. The summed E-state index contributed by atoms with van der Waals surface area (Å²) in [7, 11) is 1.30. The number of amides is 1. The molecule has 0 aromatic heterocycles. The van der Waals surface area contributed by atoms with Crippen LogP contribution in [0.4, 0.5) is 0 Å². The number of nitrogens with one attached hydrogen (secondary N) is 1. The molecule has 0 saturated heterocycles. The molecule has 2 unspecified atom stereocenters. The van der Waals surface area contributed by atoms with E-state index >= 15 is 0 Å². The molecule has 2 atom stereocenters. The van der Waals surface area contributed by atoms with Gasteiger partial charge in [-0.05, 0) is 11.1 Å². The number of methoxy groups -OCH3 is 1. The molecule has 0 saturated carbocycles. The molecule has 0 aliphatic carbocycles. The van der Waals surface area contributed by atoms with Crippen LogP contribution in [0.3, 0.4) is 0 Å². The first-order valence-corrected chi connectivity index (χ1v) is 6.20. The molecule has 0 spiro atoms. The summed E-state index contributed by atoms with van der Waals surface area (Å²) in [6.07, 6.45) is -2.16. The fourth-order valence-electron chi connectivity index (χ4n) is 1.71. The van der Waals surface area contributed by atoms with Gasteiger partial charge in [0.25, 0.3) is 0 Å². The van der Waals surface area contributed by atoms with Crippen LogP contribution in [0.15, 0.2) is 24.3 Å². The maximum absolute atomic E-state index is 11.2. The third-order valence-corrected chi connectivity index (χ3v) is 2.79. The smallest absolute Gasteiger partial charge is 0.309 e. The van der Waals surface area contributed by atoms with Gasteiger partial charge >= 0.3 is 5.97 Å². The molecule has 6 nitrogen and oxygen atoms in total. The maximum Gasteiger partial charge on any atom is 0.309 e. The zero-order chi connectivity index (χ0) is 15.1. The average molecular weight is 281 g/mol. The summed E-state index contributed by atoms with van der Waals surface area (Å²) < 4.78 is 4.57. The molecular formula is C14H19NO5. The van der Waals surface area contributed by atoms with Crippen molar-refractivity contribution in [2.75, 3.05) is 13.7 Å². The van der Waals surface area contributed by atoms with Crippen LogP contribution in [0.2, 0.25) is 0 Å². The largest absolute Gasteiger partial charge is 0.469 e. The van der Waals surface area contributed by atoms with Crippen LogP contribution in [0, 0.1) is 0 Å². The van der Waals surface area contributed by atoms with Gasteiger partial charge in [-0.1, -0.05) is 24.3 Å². The van der Waals surface area contributed by atoms with Crippen LogP contribution in [-0.4, -0.2) is 41.8 Å². The number of esters is 1. The molecule has 0 aliphatic heterocycles. The Hall–Kier alpha value is -1.92. The van der Waals surface area contributed by atoms with E-state index in [1.54, 1.807) is 24.3 Å². The molecule has 1 amide bonds. The molecule has 0 fully saturated rings. The molecule has 0 bridgehead atoms. The van der Waals surface area contributed by atoms with Crippen molar-refractivity contribution in [1.82, 2.24) is 5.32 Å². The first-order valence-electron chi connectivity index (χ1n) is 6.20. The van der Waals surface area contributed by atoms with Gasteiger partial charge in [-0.25, -0.2) is 0 Å². The van der Waals surface area contributed by atoms with Gasteiger partial charge in [0.2, 0.25) is 5.91 Å². The Labute approximate surface area is 117 Å². The highest BCUT2D eigenvalue weighted by molar-refractivity contribution is 5.73. The summed E-state index contributed by atoms with van der Waals surface area (Å²) >= 11 is 0. The Bertz CT molecular complexity index is 474. The lowest BCUT2D eigenvalue weighted by Crippen LogP contribution is -2.34. The van der Waals surface area contributed by atoms with Gasteiger partial charge in [0, 0.05) is 13.5 Å². The second kappa shape index (κ2) is 7.62. The summed E-state index contributed by atoms with van der Waals surface area (Å²) in [5.41, 5.74) is 1.16. The number of hydrogen-bond donors (Lipinski definition) is 3. The summed E-state index contributed by atoms with van der Waals surface area (Å²) in [5, 5.41) is 22.2. The fraction of sp³-hybridized carbons (Fsp3) is 0.429. The number of benzene rings is 1. The van der Waals surface area contributed by atoms with Crippen molar-refractivity contribution in [3.63, 3.8) is 0 Å². The molecule has 0 radical (unpaired) electrons.